The summed E-state index contributed by atoms with van der Waals surface area (Å²) in [5.74, 6) is -0.260. The molecule has 2 aromatic rings. The lowest BCUT2D eigenvalue weighted by molar-refractivity contribution is 0.00454. The van der Waals surface area contributed by atoms with Gasteiger partial charge in [-0.25, -0.2) is 9.18 Å². The zero-order valence-corrected chi connectivity index (χ0v) is 15.0. The van der Waals surface area contributed by atoms with Gasteiger partial charge in [-0.15, -0.1) is 0 Å². The number of likely N-dealkylation sites (tertiary alicyclic amines) is 1. The van der Waals surface area contributed by atoms with Crippen molar-refractivity contribution in [3.05, 3.63) is 71.5 Å². The van der Waals surface area contributed by atoms with Crippen molar-refractivity contribution in [3.8, 4) is 0 Å². The molecule has 1 N–H and O–H groups in total. The van der Waals surface area contributed by atoms with Crippen LogP contribution in [0.3, 0.4) is 0 Å². The van der Waals surface area contributed by atoms with Gasteiger partial charge in [0.2, 0.25) is 0 Å². The smallest absolute Gasteiger partial charge is 0.410 e. The number of amides is 1. The minimum atomic E-state index is -0.301. The molecular weight excluding hydrogens is 347 g/mol. The fourth-order valence-corrected chi connectivity index (χ4v) is 3.84. The summed E-state index contributed by atoms with van der Waals surface area (Å²) < 4.78 is 24.6. The van der Waals surface area contributed by atoms with Crippen molar-refractivity contribution in [2.45, 2.75) is 37.8 Å². The number of halogens is 1. The summed E-state index contributed by atoms with van der Waals surface area (Å²) in [4.78, 5) is 14.4. The first-order valence-electron chi connectivity index (χ1n) is 9.27. The molecule has 2 aromatic carbocycles. The van der Waals surface area contributed by atoms with Crippen LogP contribution in [0.5, 0.6) is 0 Å². The van der Waals surface area contributed by atoms with Crippen molar-refractivity contribution < 1.29 is 18.7 Å². The van der Waals surface area contributed by atoms with Crippen molar-refractivity contribution >= 4 is 6.09 Å². The molecule has 0 spiro atoms. The van der Waals surface area contributed by atoms with E-state index >= 15 is 0 Å². The van der Waals surface area contributed by atoms with Crippen LogP contribution in [0.25, 0.3) is 0 Å². The highest BCUT2D eigenvalue weighted by molar-refractivity contribution is 5.69. The molecule has 3 unspecified atom stereocenters. The van der Waals surface area contributed by atoms with Gasteiger partial charge in [0.15, 0.2) is 0 Å². The summed E-state index contributed by atoms with van der Waals surface area (Å²) in [6, 6.07) is 16.1. The molecule has 2 aliphatic rings. The van der Waals surface area contributed by atoms with Crippen LogP contribution in [0, 0.1) is 5.82 Å². The van der Waals surface area contributed by atoms with Crippen LogP contribution in [0.4, 0.5) is 9.18 Å². The lowest BCUT2D eigenvalue weighted by Gasteiger charge is -2.28. The number of benzene rings is 2. The zero-order chi connectivity index (χ0) is 18.6. The number of nitrogens with one attached hydrogen (secondary N) is 1. The maximum atomic E-state index is 13.0. The van der Waals surface area contributed by atoms with Crippen LogP contribution in [0.2, 0.25) is 0 Å². The highest BCUT2D eigenvalue weighted by Crippen LogP contribution is 2.28. The van der Waals surface area contributed by atoms with Crippen molar-refractivity contribution in [2.24, 2.45) is 0 Å². The summed E-state index contributed by atoms with van der Waals surface area (Å²) in [5, 5.41) is 3.44. The number of carbonyl (C=O) groups is 1. The second kappa shape index (κ2) is 8.06. The first kappa shape index (κ1) is 17.9. The Labute approximate surface area is 158 Å². The third-order valence-corrected chi connectivity index (χ3v) is 5.23. The van der Waals surface area contributed by atoms with Gasteiger partial charge in [-0.3, -0.25) is 0 Å². The second-order valence-corrected chi connectivity index (χ2v) is 7.00. The third kappa shape index (κ3) is 4.12. The van der Waals surface area contributed by atoms with Gasteiger partial charge in [-0.2, -0.15) is 0 Å². The summed E-state index contributed by atoms with van der Waals surface area (Å²) in [5.41, 5.74) is 1.88. The third-order valence-electron chi connectivity index (χ3n) is 5.23. The van der Waals surface area contributed by atoms with Crippen molar-refractivity contribution in [1.29, 1.82) is 0 Å². The van der Waals surface area contributed by atoms with E-state index in [4.69, 9.17) is 9.47 Å². The van der Waals surface area contributed by atoms with E-state index in [9.17, 15) is 9.18 Å². The molecule has 0 bridgehead atoms. The van der Waals surface area contributed by atoms with Gasteiger partial charge in [0.25, 0.3) is 0 Å². The highest BCUT2D eigenvalue weighted by Gasteiger charge is 2.47. The summed E-state index contributed by atoms with van der Waals surface area (Å²) in [7, 11) is 0. The number of nitrogens with zero attached hydrogens (tertiary/aromatic N) is 1. The molecule has 2 saturated heterocycles. The Morgan fingerprint density at radius 2 is 1.81 bits per heavy atom. The van der Waals surface area contributed by atoms with Gasteiger partial charge in [0.1, 0.15) is 12.4 Å². The predicted octanol–water partition coefficient (Wildman–Crippen LogP) is 3.09. The predicted molar refractivity (Wildman–Crippen MR) is 98.5 cm³/mol. The molecule has 1 amide bonds. The van der Waals surface area contributed by atoms with Crippen molar-refractivity contribution in [3.63, 3.8) is 0 Å². The summed E-state index contributed by atoms with van der Waals surface area (Å²) in [6.45, 7) is 2.01. The van der Waals surface area contributed by atoms with Gasteiger partial charge in [-0.05, 0) is 29.7 Å². The van der Waals surface area contributed by atoms with Gasteiger partial charge in [0.05, 0.1) is 18.8 Å². The molecule has 6 heteroatoms. The Hall–Kier alpha value is -2.44. The fourth-order valence-electron chi connectivity index (χ4n) is 3.84. The minimum absolute atomic E-state index is 0.0336. The number of hydrogen-bond acceptors (Lipinski definition) is 4. The molecule has 3 atom stereocenters. The van der Waals surface area contributed by atoms with E-state index in [0.717, 1.165) is 17.5 Å². The monoisotopic (exact) mass is 370 g/mol. The molecule has 2 fully saturated rings. The number of rotatable bonds is 5. The van der Waals surface area contributed by atoms with E-state index in [0.29, 0.717) is 19.7 Å². The van der Waals surface area contributed by atoms with Crippen LogP contribution in [-0.4, -0.2) is 42.3 Å². The lowest BCUT2D eigenvalue weighted by Crippen LogP contribution is -2.45. The molecule has 0 aliphatic carbocycles. The van der Waals surface area contributed by atoms with Gasteiger partial charge in [-0.1, -0.05) is 42.5 Å². The fraction of sp³-hybridized carbons (Fsp3) is 0.381. The molecule has 0 aromatic heterocycles. The Morgan fingerprint density at radius 3 is 2.59 bits per heavy atom. The number of carbonyl (C=O) groups excluding carboxylic acids is 1. The molecular formula is C21H23FN2O3. The SMILES string of the molecule is O=C(OCc1ccccc1)N1CCC2NCC(OCc3ccc(F)cc3)C21. The van der Waals surface area contributed by atoms with Crippen LogP contribution in [0.15, 0.2) is 54.6 Å². The second-order valence-electron chi connectivity index (χ2n) is 7.00. The van der Waals surface area contributed by atoms with Crippen LogP contribution >= 0.6 is 0 Å². The first-order chi connectivity index (χ1) is 13.2. The largest absolute Gasteiger partial charge is 0.445 e. The number of ether oxygens (including phenoxy) is 2. The maximum absolute atomic E-state index is 13.0. The lowest BCUT2D eigenvalue weighted by atomic mass is 10.1. The van der Waals surface area contributed by atoms with Crippen LogP contribution in [-0.2, 0) is 22.7 Å². The first-order valence-corrected chi connectivity index (χ1v) is 9.27. The van der Waals surface area contributed by atoms with E-state index < -0.39 is 0 Å². The molecule has 2 aliphatic heterocycles. The van der Waals surface area contributed by atoms with Gasteiger partial charge in [0, 0.05) is 19.1 Å². The minimum Gasteiger partial charge on any atom is -0.445 e. The van der Waals surface area contributed by atoms with E-state index in [2.05, 4.69) is 5.32 Å². The van der Waals surface area contributed by atoms with Gasteiger partial charge >= 0.3 is 6.09 Å². The molecule has 2 heterocycles. The zero-order valence-electron chi connectivity index (χ0n) is 15.0. The number of fused-ring (bicyclic) bond motifs is 1. The average Bonchev–Trinajstić information content (AvgIpc) is 3.29. The molecule has 27 heavy (non-hydrogen) atoms. The Kier molecular flexibility index (Phi) is 5.36. The maximum Gasteiger partial charge on any atom is 0.410 e. The standard InChI is InChI=1S/C21H23FN2O3/c22-17-8-6-16(7-9-17)13-26-19-12-23-18-10-11-24(20(18)19)21(25)27-14-15-4-2-1-3-5-15/h1-9,18-20,23H,10-14H2. The van der Waals surface area contributed by atoms with Crippen molar-refractivity contribution in [2.75, 3.05) is 13.1 Å². The molecule has 142 valence electrons. The topological polar surface area (TPSA) is 50.8 Å². The quantitative estimate of drug-likeness (QED) is 0.879. The molecule has 4 rings (SSSR count). The Morgan fingerprint density at radius 1 is 1.07 bits per heavy atom. The normalized spacial score (nSPS) is 24.0. The Bertz CT molecular complexity index is 769. The van der Waals surface area contributed by atoms with E-state index in [1.807, 2.05) is 30.3 Å². The molecule has 0 radical (unpaired) electrons. The van der Waals surface area contributed by atoms with Crippen LogP contribution < -0.4 is 5.32 Å². The summed E-state index contributed by atoms with van der Waals surface area (Å²) in [6.07, 6.45) is 0.485. The number of hydrogen-bond donors (Lipinski definition) is 1. The molecule has 0 saturated carbocycles. The van der Waals surface area contributed by atoms with E-state index in [-0.39, 0.29) is 36.7 Å². The van der Waals surface area contributed by atoms with E-state index in [1.54, 1.807) is 17.0 Å². The Balaban J connectivity index is 1.35. The van der Waals surface area contributed by atoms with Gasteiger partial charge < -0.3 is 19.7 Å². The van der Waals surface area contributed by atoms with Crippen LogP contribution in [0.1, 0.15) is 17.5 Å². The molecule has 5 nitrogen and oxygen atoms in total. The summed E-state index contributed by atoms with van der Waals surface area (Å²) >= 11 is 0. The average molecular weight is 370 g/mol. The van der Waals surface area contributed by atoms with E-state index in [1.165, 1.54) is 12.1 Å². The highest BCUT2D eigenvalue weighted by atomic mass is 19.1. The van der Waals surface area contributed by atoms with Crippen molar-refractivity contribution in [1.82, 2.24) is 10.2 Å².